The molecule has 4 heteroatoms. The van der Waals surface area contributed by atoms with Gasteiger partial charge < -0.3 is 19.7 Å². The Morgan fingerprint density at radius 1 is 1.29 bits per heavy atom. The van der Waals surface area contributed by atoms with Crippen LogP contribution >= 0.6 is 0 Å². The first-order valence-corrected chi connectivity index (χ1v) is 4.40. The SMILES string of the molecule is CC(OCCO)Oc1ccc(O)cc1. The standard InChI is InChI=1S/C10H14O4/c1-8(13-7-6-11)14-10-4-2-9(12)3-5-10/h2-5,8,11-12H,6-7H2,1H3. The van der Waals surface area contributed by atoms with Gasteiger partial charge in [0.1, 0.15) is 11.5 Å². The minimum atomic E-state index is -0.410. The van der Waals surface area contributed by atoms with Crippen molar-refractivity contribution in [1.82, 2.24) is 0 Å². The van der Waals surface area contributed by atoms with Gasteiger partial charge in [0.2, 0.25) is 0 Å². The fourth-order valence-electron chi connectivity index (χ4n) is 0.969. The van der Waals surface area contributed by atoms with Gasteiger partial charge in [-0.1, -0.05) is 0 Å². The monoisotopic (exact) mass is 198 g/mol. The number of ether oxygens (including phenoxy) is 2. The molecule has 0 radical (unpaired) electrons. The highest BCUT2D eigenvalue weighted by Crippen LogP contribution is 2.17. The molecule has 0 saturated carbocycles. The lowest BCUT2D eigenvalue weighted by Gasteiger charge is -2.14. The Labute approximate surface area is 82.7 Å². The van der Waals surface area contributed by atoms with Gasteiger partial charge in [-0.3, -0.25) is 0 Å². The Hall–Kier alpha value is -1.26. The van der Waals surface area contributed by atoms with Gasteiger partial charge in [-0.2, -0.15) is 0 Å². The molecule has 0 amide bonds. The Morgan fingerprint density at radius 3 is 2.50 bits per heavy atom. The number of aromatic hydroxyl groups is 1. The van der Waals surface area contributed by atoms with Gasteiger partial charge >= 0.3 is 0 Å². The maximum absolute atomic E-state index is 9.01. The fraction of sp³-hybridized carbons (Fsp3) is 0.400. The summed E-state index contributed by atoms with van der Waals surface area (Å²) < 4.78 is 10.4. The number of aliphatic hydroxyl groups is 1. The third-order valence-corrected chi connectivity index (χ3v) is 1.58. The summed E-state index contributed by atoms with van der Waals surface area (Å²) in [5, 5.41) is 17.5. The molecular weight excluding hydrogens is 184 g/mol. The average Bonchev–Trinajstić information content (AvgIpc) is 2.18. The lowest BCUT2D eigenvalue weighted by Crippen LogP contribution is -2.18. The van der Waals surface area contributed by atoms with Gasteiger partial charge in [0.15, 0.2) is 6.29 Å². The predicted octanol–water partition coefficient (Wildman–Crippen LogP) is 1.13. The highest BCUT2D eigenvalue weighted by atomic mass is 16.7. The van der Waals surface area contributed by atoms with Gasteiger partial charge in [0, 0.05) is 0 Å². The molecule has 0 bridgehead atoms. The van der Waals surface area contributed by atoms with E-state index in [1.807, 2.05) is 0 Å². The van der Waals surface area contributed by atoms with Crippen LogP contribution in [0.5, 0.6) is 11.5 Å². The van der Waals surface area contributed by atoms with E-state index in [1.165, 1.54) is 12.1 Å². The average molecular weight is 198 g/mol. The van der Waals surface area contributed by atoms with Crippen LogP contribution in [0.15, 0.2) is 24.3 Å². The van der Waals surface area contributed by atoms with E-state index in [2.05, 4.69) is 0 Å². The topological polar surface area (TPSA) is 58.9 Å². The molecule has 0 aliphatic carbocycles. The molecule has 0 aliphatic rings. The van der Waals surface area contributed by atoms with E-state index in [0.717, 1.165) is 0 Å². The second-order valence-electron chi connectivity index (χ2n) is 2.77. The summed E-state index contributed by atoms with van der Waals surface area (Å²) in [6.45, 7) is 1.96. The lowest BCUT2D eigenvalue weighted by molar-refractivity contribution is -0.0760. The van der Waals surface area contributed by atoms with Crippen LogP contribution in [0.2, 0.25) is 0 Å². The quantitative estimate of drug-likeness (QED) is 0.696. The normalized spacial score (nSPS) is 12.4. The molecule has 2 N–H and O–H groups in total. The van der Waals surface area contributed by atoms with E-state index >= 15 is 0 Å². The summed E-state index contributed by atoms with van der Waals surface area (Å²) in [7, 11) is 0. The first-order valence-electron chi connectivity index (χ1n) is 4.40. The Balaban J connectivity index is 2.39. The van der Waals surface area contributed by atoms with E-state index in [0.29, 0.717) is 5.75 Å². The third kappa shape index (κ3) is 3.64. The summed E-state index contributed by atoms with van der Waals surface area (Å²) in [4.78, 5) is 0. The van der Waals surface area contributed by atoms with Crippen LogP contribution in [-0.4, -0.2) is 29.7 Å². The molecule has 4 nitrogen and oxygen atoms in total. The maximum Gasteiger partial charge on any atom is 0.197 e. The third-order valence-electron chi connectivity index (χ3n) is 1.58. The largest absolute Gasteiger partial charge is 0.508 e. The van der Waals surface area contributed by atoms with Crippen LogP contribution in [0, 0.1) is 0 Å². The molecule has 0 heterocycles. The van der Waals surface area contributed by atoms with Crippen LogP contribution in [0.4, 0.5) is 0 Å². The molecule has 14 heavy (non-hydrogen) atoms. The van der Waals surface area contributed by atoms with E-state index < -0.39 is 6.29 Å². The van der Waals surface area contributed by atoms with Gasteiger partial charge in [0.05, 0.1) is 13.2 Å². The smallest absolute Gasteiger partial charge is 0.197 e. The van der Waals surface area contributed by atoms with Crippen LogP contribution in [0.25, 0.3) is 0 Å². The van der Waals surface area contributed by atoms with Crippen LogP contribution in [0.3, 0.4) is 0 Å². The minimum absolute atomic E-state index is 0.0245. The molecule has 0 aromatic heterocycles. The van der Waals surface area contributed by atoms with E-state index in [4.69, 9.17) is 19.7 Å². The Morgan fingerprint density at radius 2 is 1.93 bits per heavy atom. The van der Waals surface area contributed by atoms with Crippen molar-refractivity contribution in [2.45, 2.75) is 13.2 Å². The van der Waals surface area contributed by atoms with Crippen molar-refractivity contribution in [2.75, 3.05) is 13.2 Å². The van der Waals surface area contributed by atoms with Crippen LogP contribution in [-0.2, 0) is 4.74 Å². The molecule has 0 spiro atoms. The van der Waals surface area contributed by atoms with Crippen molar-refractivity contribution < 1.29 is 19.7 Å². The number of hydrogen-bond donors (Lipinski definition) is 2. The van der Waals surface area contributed by atoms with Crippen molar-refractivity contribution in [2.24, 2.45) is 0 Å². The van der Waals surface area contributed by atoms with E-state index in [1.54, 1.807) is 19.1 Å². The van der Waals surface area contributed by atoms with Crippen molar-refractivity contribution in [3.05, 3.63) is 24.3 Å². The first-order chi connectivity index (χ1) is 6.72. The molecule has 0 saturated heterocycles. The number of phenolic OH excluding ortho intramolecular Hbond substituents is 1. The molecule has 0 aliphatic heterocycles. The summed E-state index contributed by atoms with van der Waals surface area (Å²) in [5.41, 5.74) is 0. The second kappa shape index (κ2) is 5.47. The number of rotatable bonds is 5. The van der Waals surface area contributed by atoms with Crippen molar-refractivity contribution >= 4 is 0 Å². The van der Waals surface area contributed by atoms with Gasteiger partial charge in [-0.15, -0.1) is 0 Å². The molecule has 1 aromatic rings. The molecular formula is C10H14O4. The number of aliphatic hydroxyl groups excluding tert-OH is 1. The van der Waals surface area contributed by atoms with Gasteiger partial charge in [0.25, 0.3) is 0 Å². The molecule has 1 unspecified atom stereocenters. The number of phenols is 1. The Bertz CT molecular complexity index is 257. The Kier molecular flexibility index (Phi) is 4.22. The van der Waals surface area contributed by atoms with Crippen LogP contribution < -0.4 is 4.74 Å². The van der Waals surface area contributed by atoms with Crippen molar-refractivity contribution in [1.29, 1.82) is 0 Å². The maximum atomic E-state index is 9.01. The zero-order valence-corrected chi connectivity index (χ0v) is 8.01. The van der Waals surface area contributed by atoms with Crippen molar-refractivity contribution in [3.8, 4) is 11.5 Å². The zero-order valence-electron chi connectivity index (χ0n) is 8.01. The predicted molar refractivity (Wildman–Crippen MR) is 51.2 cm³/mol. The number of benzene rings is 1. The number of hydrogen-bond acceptors (Lipinski definition) is 4. The summed E-state index contributed by atoms with van der Waals surface area (Å²) >= 11 is 0. The molecule has 1 atom stereocenters. The highest BCUT2D eigenvalue weighted by Gasteiger charge is 2.02. The first kappa shape index (κ1) is 10.8. The van der Waals surface area contributed by atoms with E-state index in [-0.39, 0.29) is 19.0 Å². The molecule has 78 valence electrons. The van der Waals surface area contributed by atoms with Gasteiger partial charge in [-0.05, 0) is 31.2 Å². The van der Waals surface area contributed by atoms with Crippen LogP contribution in [0.1, 0.15) is 6.92 Å². The lowest BCUT2D eigenvalue weighted by atomic mass is 10.3. The molecule has 0 fully saturated rings. The summed E-state index contributed by atoms with van der Waals surface area (Å²) in [6, 6.07) is 6.37. The minimum Gasteiger partial charge on any atom is -0.508 e. The van der Waals surface area contributed by atoms with Gasteiger partial charge in [-0.25, -0.2) is 0 Å². The summed E-state index contributed by atoms with van der Waals surface area (Å²) in [6.07, 6.45) is -0.410. The zero-order chi connectivity index (χ0) is 10.4. The molecule has 1 rings (SSSR count). The fourth-order valence-corrected chi connectivity index (χ4v) is 0.969. The molecule has 1 aromatic carbocycles. The second-order valence-corrected chi connectivity index (χ2v) is 2.77. The summed E-state index contributed by atoms with van der Waals surface area (Å²) in [5.74, 6) is 0.814. The highest BCUT2D eigenvalue weighted by molar-refractivity contribution is 5.30. The van der Waals surface area contributed by atoms with E-state index in [9.17, 15) is 0 Å². The van der Waals surface area contributed by atoms with Crippen molar-refractivity contribution in [3.63, 3.8) is 0 Å².